The summed E-state index contributed by atoms with van der Waals surface area (Å²) in [6.07, 6.45) is 0. The first-order chi connectivity index (χ1) is 13.3. The van der Waals surface area contributed by atoms with Crippen molar-refractivity contribution in [2.24, 2.45) is 0 Å². The largest absolute Gasteiger partial charge is 0.465 e. The second kappa shape index (κ2) is 8.18. The first-order valence-corrected chi connectivity index (χ1v) is 10.6. The van der Waals surface area contributed by atoms with E-state index in [2.05, 4.69) is 73.3 Å². The number of nitrogens with zero attached hydrogens (tertiary/aromatic N) is 2. The summed E-state index contributed by atoms with van der Waals surface area (Å²) in [7, 11) is 4.22. The molecule has 0 aromatic heterocycles. The monoisotopic (exact) mass is 398 g/mol. The molecule has 4 nitrogen and oxygen atoms in total. The zero-order valence-electron chi connectivity index (χ0n) is 17.7. The molecule has 0 bridgehead atoms. The van der Waals surface area contributed by atoms with Gasteiger partial charge >= 0.3 is 5.97 Å². The number of hydrogen-bond donors (Lipinski definition) is 0. The third kappa shape index (κ3) is 3.91. The fourth-order valence-electron chi connectivity index (χ4n) is 3.27. The molecule has 0 saturated carbocycles. The highest BCUT2D eigenvalue weighted by Gasteiger charge is 2.33. The van der Waals surface area contributed by atoms with E-state index in [1.807, 2.05) is 20.8 Å². The Labute approximate surface area is 172 Å². The Kier molecular flexibility index (Phi) is 6.06. The molecule has 28 heavy (non-hydrogen) atoms. The summed E-state index contributed by atoms with van der Waals surface area (Å²) in [5.74, 6) is -0.188. The third-order valence-corrected chi connectivity index (χ3v) is 6.59. The lowest BCUT2D eigenvalue weighted by Gasteiger charge is -2.37. The van der Waals surface area contributed by atoms with Gasteiger partial charge in [-0.3, -0.25) is 4.79 Å². The van der Waals surface area contributed by atoms with Crippen LogP contribution >= 0.6 is 11.8 Å². The van der Waals surface area contributed by atoms with Crippen molar-refractivity contribution in [2.75, 3.05) is 32.1 Å². The van der Waals surface area contributed by atoms with Crippen LogP contribution < -0.4 is 4.90 Å². The topological polar surface area (TPSA) is 32.8 Å². The first-order valence-electron chi connectivity index (χ1n) is 9.78. The predicted octanol–water partition coefficient (Wildman–Crippen LogP) is 5.08. The number of anilines is 2. The van der Waals surface area contributed by atoms with Crippen molar-refractivity contribution < 1.29 is 9.53 Å². The zero-order chi connectivity index (χ0) is 20.5. The van der Waals surface area contributed by atoms with E-state index in [0.29, 0.717) is 12.6 Å². The van der Waals surface area contributed by atoms with E-state index in [9.17, 15) is 4.79 Å². The van der Waals surface area contributed by atoms with Crippen LogP contribution in [0.5, 0.6) is 0 Å². The first kappa shape index (κ1) is 20.7. The number of likely N-dealkylation sites (N-methyl/N-ethyl adjacent to an activating group) is 1. The number of benzene rings is 2. The quantitative estimate of drug-likeness (QED) is 0.634. The molecule has 0 saturated heterocycles. The molecule has 0 radical (unpaired) electrons. The standard InChI is InChI=1S/C23H30N2O2S/c1-7-27-22(26)23(3,4)17-12-13-21-19(14-17)25(15-16(2)24(5)6)18-10-8-9-11-20(18)28-21/h8-14,16H,7,15H2,1-6H3. The van der Waals surface area contributed by atoms with Crippen molar-refractivity contribution >= 4 is 29.1 Å². The van der Waals surface area contributed by atoms with Gasteiger partial charge in [0, 0.05) is 22.4 Å². The molecule has 1 unspecified atom stereocenters. The fraction of sp³-hybridized carbons (Fsp3) is 0.435. The minimum absolute atomic E-state index is 0.188. The molecule has 1 aliphatic rings. The van der Waals surface area contributed by atoms with Crippen LogP contribution in [0.3, 0.4) is 0 Å². The molecule has 1 atom stereocenters. The maximum atomic E-state index is 12.5. The molecule has 0 fully saturated rings. The fourth-order valence-corrected chi connectivity index (χ4v) is 4.35. The van der Waals surface area contributed by atoms with Crippen molar-refractivity contribution in [3.8, 4) is 0 Å². The van der Waals surface area contributed by atoms with Gasteiger partial charge in [-0.2, -0.15) is 0 Å². The summed E-state index contributed by atoms with van der Waals surface area (Å²) in [6, 6.07) is 15.3. The van der Waals surface area contributed by atoms with Crippen molar-refractivity contribution in [2.45, 2.75) is 48.9 Å². The van der Waals surface area contributed by atoms with E-state index in [1.54, 1.807) is 11.8 Å². The van der Waals surface area contributed by atoms with Gasteiger partial charge in [-0.05, 0) is 71.6 Å². The number of para-hydroxylation sites is 1. The molecule has 1 aliphatic heterocycles. The summed E-state index contributed by atoms with van der Waals surface area (Å²) < 4.78 is 5.32. The lowest BCUT2D eigenvalue weighted by Crippen LogP contribution is -2.37. The number of ether oxygens (including phenoxy) is 1. The van der Waals surface area contributed by atoms with Crippen LogP contribution in [0.15, 0.2) is 52.3 Å². The number of carbonyl (C=O) groups is 1. The van der Waals surface area contributed by atoms with Gasteiger partial charge in [0.25, 0.3) is 0 Å². The Morgan fingerprint density at radius 2 is 1.82 bits per heavy atom. The Hall–Kier alpha value is -1.98. The molecule has 3 rings (SSSR count). The molecular formula is C23H30N2O2S. The summed E-state index contributed by atoms with van der Waals surface area (Å²) in [5.41, 5.74) is 2.67. The molecule has 0 N–H and O–H groups in total. The van der Waals surface area contributed by atoms with E-state index in [0.717, 1.165) is 17.8 Å². The number of esters is 1. The lowest BCUT2D eigenvalue weighted by molar-refractivity contribution is -0.148. The second-order valence-corrected chi connectivity index (χ2v) is 9.10. The molecular weight excluding hydrogens is 368 g/mol. The highest BCUT2D eigenvalue weighted by atomic mass is 32.2. The maximum Gasteiger partial charge on any atom is 0.315 e. The van der Waals surface area contributed by atoms with Crippen LogP contribution in [0.25, 0.3) is 0 Å². The average Bonchev–Trinajstić information content (AvgIpc) is 2.67. The van der Waals surface area contributed by atoms with Crippen molar-refractivity contribution in [1.82, 2.24) is 4.90 Å². The number of rotatable bonds is 6. The molecule has 0 amide bonds. The van der Waals surface area contributed by atoms with Gasteiger partial charge in [-0.15, -0.1) is 0 Å². The second-order valence-electron chi connectivity index (χ2n) is 8.02. The highest BCUT2D eigenvalue weighted by molar-refractivity contribution is 7.99. The van der Waals surface area contributed by atoms with Crippen LogP contribution in [-0.2, 0) is 14.9 Å². The highest BCUT2D eigenvalue weighted by Crippen LogP contribution is 2.49. The summed E-state index contributed by atoms with van der Waals surface area (Å²) in [6.45, 7) is 9.21. The van der Waals surface area contributed by atoms with E-state index < -0.39 is 5.41 Å². The smallest absolute Gasteiger partial charge is 0.315 e. The van der Waals surface area contributed by atoms with Crippen LogP contribution in [0.2, 0.25) is 0 Å². The molecule has 0 spiro atoms. The van der Waals surface area contributed by atoms with Gasteiger partial charge < -0.3 is 14.5 Å². The normalized spacial score (nSPS) is 14.5. The van der Waals surface area contributed by atoms with Crippen LogP contribution in [0, 0.1) is 0 Å². The average molecular weight is 399 g/mol. The van der Waals surface area contributed by atoms with E-state index in [4.69, 9.17) is 4.74 Å². The van der Waals surface area contributed by atoms with Crippen LogP contribution in [0.4, 0.5) is 11.4 Å². The molecule has 1 heterocycles. The summed E-state index contributed by atoms with van der Waals surface area (Å²) in [4.78, 5) is 19.6. The van der Waals surface area contributed by atoms with E-state index >= 15 is 0 Å². The van der Waals surface area contributed by atoms with Crippen molar-refractivity contribution in [3.63, 3.8) is 0 Å². The molecule has 5 heteroatoms. The number of fused-ring (bicyclic) bond motifs is 2. The van der Waals surface area contributed by atoms with Gasteiger partial charge in [0.2, 0.25) is 0 Å². The maximum absolute atomic E-state index is 12.5. The van der Waals surface area contributed by atoms with E-state index in [1.165, 1.54) is 15.5 Å². The third-order valence-electron chi connectivity index (χ3n) is 5.46. The SMILES string of the molecule is CCOC(=O)C(C)(C)c1ccc2c(c1)N(CC(C)N(C)C)c1ccccc1S2. The summed E-state index contributed by atoms with van der Waals surface area (Å²) in [5, 5.41) is 0. The van der Waals surface area contributed by atoms with Crippen LogP contribution in [0.1, 0.15) is 33.3 Å². The van der Waals surface area contributed by atoms with Gasteiger partial charge in [0.1, 0.15) is 0 Å². The van der Waals surface area contributed by atoms with Gasteiger partial charge in [0.15, 0.2) is 0 Å². The van der Waals surface area contributed by atoms with Gasteiger partial charge in [-0.1, -0.05) is 30.0 Å². The Balaban J connectivity index is 2.06. The van der Waals surface area contributed by atoms with Crippen molar-refractivity contribution in [1.29, 1.82) is 0 Å². The molecule has 2 aromatic rings. The molecule has 150 valence electrons. The zero-order valence-corrected chi connectivity index (χ0v) is 18.5. The number of carbonyl (C=O) groups excluding carboxylic acids is 1. The lowest BCUT2D eigenvalue weighted by atomic mass is 9.84. The minimum atomic E-state index is -0.689. The Bertz CT molecular complexity index is 863. The van der Waals surface area contributed by atoms with Crippen LogP contribution in [-0.4, -0.2) is 44.2 Å². The predicted molar refractivity (Wildman–Crippen MR) is 117 cm³/mol. The Morgan fingerprint density at radius 1 is 1.14 bits per heavy atom. The number of hydrogen-bond acceptors (Lipinski definition) is 5. The van der Waals surface area contributed by atoms with Gasteiger partial charge in [-0.25, -0.2) is 0 Å². The molecule has 0 aliphatic carbocycles. The summed E-state index contributed by atoms with van der Waals surface area (Å²) >= 11 is 1.79. The van der Waals surface area contributed by atoms with E-state index in [-0.39, 0.29) is 5.97 Å². The molecule has 2 aromatic carbocycles. The van der Waals surface area contributed by atoms with Crippen molar-refractivity contribution in [3.05, 3.63) is 48.0 Å². The van der Waals surface area contributed by atoms with Gasteiger partial charge in [0.05, 0.1) is 23.4 Å². The Morgan fingerprint density at radius 3 is 2.50 bits per heavy atom. The minimum Gasteiger partial charge on any atom is -0.465 e.